The van der Waals surface area contributed by atoms with Gasteiger partial charge in [-0.25, -0.2) is 0 Å². The van der Waals surface area contributed by atoms with E-state index in [2.05, 4.69) is 5.32 Å². The number of anilines is 1. The van der Waals surface area contributed by atoms with Gasteiger partial charge in [-0.1, -0.05) is 30.3 Å². The van der Waals surface area contributed by atoms with E-state index in [1.165, 1.54) is 6.92 Å². The number of carbonyl (C=O) groups is 3. The van der Waals surface area contributed by atoms with Crippen LogP contribution in [0.15, 0.2) is 54.6 Å². The lowest BCUT2D eigenvalue weighted by molar-refractivity contribution is -0.127. The molecule has 0 spiro atoms. The molecule has 1 N–H and O–H groups in total. The smallest absolute Gasteiger partial charge is 0.249 e. The van der Waals surface area contributed by atoms with Crippen molar-refractivity contribution in [1.29, 1.82) is 5.26 Å². The average molecular weight is 306 g/mol. The van der Waals surface area contributed by atoms with E-state index in [9.17, 15) is 14.4 Å². The average Bonchev–Trinajstić information content (AvgIpc) is 2.56. The highest BCUT2D eigenvalue weighted by molar-refractivity contribution is 6.10. The normalized spacial score (nSPS) is 11.1. The number of benzene rings is 2. The summed E-state index contributed by atoms with van der Waals surface area (Å²) in [6.07, 6.45) is 0. The van der Waals surface area contributed by atoms with Crippen molar-refractivity contribution < 1.29 is 14.4 Å². The zero-order chi connectivity index (χ0) is 16.8. The van der Waals surface area contributed by atoms with E-state index in [-0.39, 0.29) is 5.78 Å². The number of hydrogen-bond acceptors (Lipinski definition) is 4. The number of carbonyl (C=O) groups excluding carboxylic acids is 3. The molecule has 1 unspecified atom stereocenters. The van der Waals surface area contributed by atoms with Crippen molar-refractivity contribution in [3.05, 3.63) is 65.7 Å². The van der Waals surface area contributed by atoms with Crippen LogP contribution in [0.25, 0.3) is 0 Å². The minimum Gasteiger partial charge on any atom is -0.325 e. The maximum absolute atomic E-state index is 12.2. The molecule has 0 radical (unpaired) electrons. The summed E-state index contributed by atoms with van der Waals surface area (Å²) in [5.41, 5.74) is 1.48. The fourth-order valence-corrected chi connectivity index (χ4v) is 2.01. The van der Waals surface area contributed by atoms with Crippen LogP contribution in [0.2, 0.25) is 0 Å². The van der Waals surface area contributed by atoms with Gasteiger partial charge in [0.15, 0.2) is 17.5 Å². The molecular formula is C18H14N2O3. The van der Waals surface area contributed by atoms with E-state index in [0.29, 0.717) is 16.8 Å². The van der Waals surface area contributed by atoms with Crippen LogP contribution >= 0.6 is 0 Å². The maximum Gasteiger partial charge on any atom is 0.249 e. The first kappa shape index (κ1) is 16.1. The third-order valence-corrected chi connectivity index (χ3v) is 3.25. The number of rotatable bonds is 5. The summed E-state index contributed by atoms with van der Waals surface area (Å²) in [6, 6.07) is 16.8. The molecule has 2 aromatic rings. The second-order valence-corrected chi connectivity index (χ2v) is 4.93. The lowest BCUT2D eigenvalue weighted by Crippen LogP contribution is -2.26. The minimum absolute atomic E-state index is 0.123. The second kappa shape index (κ2) is 7.14. The lowest BCUT2D eigenvalue weighted by Gasteiger charge is -2.08. The van der Waals surface area contributed by atoms with Crippen LogP contribution in [0.4, 0.5) is 5.69 Å². The Morgan fingerprint density at radius 2 is 1.52 bits per heavy atom. The van der Waals surface area contributed by atoms with Crippen LogP contribution in [-0.4, -0.2) is 17.5 Å². The Bertz CT molecular complexity index is 774. The Hall–Kier alpha value is -3.26. The third-order valence-electron chi connectivity index (χ3n) is 3.25. The molecule has 23 heavy (non-hydrogen) atoms. The van der Waals surface area contributed by atoms with Gasteiger partial charge in [0.1, 0.15) is 0 Å². The molecule has 5 nitrogen and oxygen atoms in total. The van der Waals surface area contributed by atoms with Crippen molar-refractivity contribution in [2.24, 2.45) is 5.92 Å². The molecule has 1 amide bonds. The van der Waals surface area contributed by atoms with E-state index >= 15 is 0 Å². The maximum atomic E-state index is 12.2. The van der Waals surface area contributed by atoms with Crippen molar-refractivity contribution >= 4 is 23.2 Å². The predicted molar refractivity (Wildman–Crippen MR) is 84.7 cm³/mol. The molecule has 0 saturated carbocycles. The quantitative estimate of drug-likeness (QED) is 0.679. The topological polar surface area (TPSA) is 87.0 Å². The van der Waals surface area contributed by atoms with Gasteiger partial charge in [0.25, 0.3) is 0 Å². The van der Waals surface area contributed by atoms with Gasteiger partial charge in [-0.2, -0.15) is 5.26 Å². The number of Topliss-reactive ketones (excluding diaryl/α,β-unsaturated/α-hetero) is 1. The molecule has 0 saturated heterocycles. The first-order valence-electron chi connectivity index (χ1n) is 6.93. The van der Waals surface area contributed by atoms with Crippen molar-refractivity contribution in [1.82, 2.24) is 0 Å². The Labute approximate surface area is 133 Å². The fraction of sp³-hybridized carbons (Fsp3) is 0.111. The molecule has 0 heterocycles. The van der Waals surface area contributed by atoms with Gasteiger partial charge in [0, 0.05) is 16.8 Å². The van der Waals surface area contributed by atoms with Gasteiger partial charge in [-0.15, -0.1) is 0 Å². The number of nitrogens with one attached hydrogen (secondary N) is 1. The zero-order valence-corrected chi connectivity index (χ0v) is 12.4. The van der Waals surface area contributed by atoms with Crippen LogP contribution in [-0.2, 0) is 9.59 Å². The van der Waals surface area contributed by atoms with E-state index in [1.54, 1.807) is 54.6 Å². The summed E-state index contributed by atoms with van der Waals surface area (Å²) >= 11 is 0. The third kappa shape index (κ3) is 3.89. The molecule has 0 aliphatic heterocycles. The largest absolute Gasteiger partial charge is 0.325 e. The summed E-state index contributed by atoms with van der Waals surface area (Å²) < 4.78 is 0. The lowest BCUT2D eigenvalue weighted by atomic mass is 10.0. The van der Waals surface area contributed by atoms with E-state index in [4.69, 9.17) is 5.26 Å². The van der Waals surface area contributed by atoms with E-state index in [0.717, 1.165) is 0 Å². The van der Waals surface area contributed by atoms with Crippen LogP contribution in [0, 0.1) is 17.2 Å². The first-order valence-corrected chi connectivity index (χ1v) is 6.93. The van der Waals surface area contributed by atoms with Crippen LogP contribution in [0.5, 0.6) is 0 Å². The number of nitriles is 1. The summed E-state index contributed by atoms with van der Waals surface area (Å²) in [7, 11) is 0. The molecule has 1 atom stereocenters. The van der Waals surface area contributed by atoms with E-state index in [1.807, 2.05) is 6.07 Å². The van der Waals surface area contributed by atoms with Crippen molar-refractivity contribution in [3.8, 4) is 6.07 Å². The van der Waals surface area contributed by atoms with Gasteiger partial charge >= 0.3 is 0 Å². The van der Waals surface area contributed by atoms with Gasteiger partial charge in [0.05, 0.1) is 6.07 Å². The van der Waals surface area contributed by atoms with Gasteiger partial charge in [0.2, 0.25) is 5.91 Å². The molecule has 2 rings (SSSR count). The number of nitrogens with zero attached hydrogens (tertiary/aromatic N) is 1. The number of hydrogen-bond donors (Lipinski definition) is 1. The monoisotopic (exact) mass is 306 g/mol. The second-order valence-electron chi connectivity index (χ2n) is 4.93. The Kier molecular flexibility index (Phi) is 5.00. The summed E-state index contributed by atoms with van der Waals surface area (Å²) in [4.78, 5) is 35.2. The van der Waals surface area contributed by atoms with Crippen LogP contribution in [0.3, 0.4) is 0 Å². The molecule has 2 aromatic carbocycles. The summed E-state index contributed by atoms with van der Waals surface area (Å²) in [6.45, 7) is 1.19. The molecule has 0 aliphatic carbocycles. The van der Waals surface area contributed by atoms with Crippen LogP contribution in [0.1, 0.15) is 22.8 Å². The molecule has 5 heteroatoms. The number of ketones is 2. The molecule has 114 valence electrons. The Balaban J connectivity index is 2.11. The van der Waals surface area contributed by atoms with Gasteiger partial charge in [-0.3, -0.25) is 14.4 Å². The SMILES string of the molecule is CC(=O)C(C#N)C(=O)Nc1ccc(C(=O)c2ccccc2)cc1. The molecule has 0 aromatic heterocycles. The number of amides is 1. The minimum atomic E-state index is -1.33. The van der Waals surface area contributed by atoms with E-state index < -0.39 is 17.6 Å². The molecule has 0 fully saturated rings. The van der Waals surface area contributed by atoms with Crippen molar-refractivity contribution in [3.63, 3.8) is 0 Å². The van der Waals surface area contributed by atoms with Gasteiger partial charge in [-0.05, 0) is 31.2 Å². The molecule has 0 bridgehead atoms. The van der Waals surface area contributed by atoms with Crippen LogP contribution < -0.4 is 5.32 Å². The summed E-state index contributed by atoms with van der Waals surface area (Å²) in [5, 5.41) is 11.3. The van der Waals surface area contributed by atoms with Gasteiger partial charge < -0.3 is 5.32 Å². The fourth-order valence-electron chi connectivity index (χ4n) is 2.01. The standard InChI is InChI=1S/C18H14N2O3/c1-12(21)16(11-19)18(23)20-15-9-7-14(8-10-15)17(22)13-5-3-2-4-6-13/h2-10,16H,1H3,(H,20,23). The highest BCUT2D eigenvalue weighted by Gasteiger charge is 2.22. The highest BCUT2D eigenvalue weighted by atomic mass is 16.2. The molecule has 0 aliphatic rings. The summed E-state index contributed by atoms with van der Waals surface area (Å²) in [5.74, 6) is -2.65. The van der Waals surface area contributed by atoms with Crippen molar-refractivity contribution in [2.75, 3.05) is 5.32 Å². The Morgan fingerprint density at radius 1 is 0.957 bits per heavy atom. The molecular weight excluding hydrogens is 292 g/mol. The van der Waals surface area contributed by atoms with Crippen molar-refractivity contribution in [2.45, 2.75) is 6.92 Å². The Morgan fingerprint density at radius 3 is 2.04 bits per heavy atom. The first-order chi connectivity index (χ1) is 11.0. The predicted octanol–water partition coefficient (Wildman–Crippen LogP) is 2.58. The zero-order valence-electron chi connectivity index (χ0n) is 12.4. The highest BCUT2D eigenvalue weighted by Crippen LogP contribution is 2.14.